The van der Waals surface area contributed by atoms with Crippen LogP contribution in [-0.4, -0.2) is 21.0 Å². The monoisotopic (exact) mass is 346 g/mol. The molecule has 4 rings (SSSR count). The first-order chi connectivity index (χ1) is 12.7. The summed E-state index contributed by atoms with van der Waals surface area (Å²) in [6.45, 7) is 1.73. The van der Waals surface area contributed by atoms with E-state index in [1.807, 2.05) is 24.3 Å². The molecule has 2 heterocycles. The second-order valence-electron chi connectivity index (χ2n) is 5.61. The van der Waals surface area contributed by atoms with Crippen molar-refractivity contribution in [1.29, 1.82) is 0 Å². The largest absolute Gasteiger partial charge is 0.444 e. The molecule has 0 aliphatic carbocycles. The van der Waals surface area contributed by atoms with Gasteiger partial charge in [-0.25, -0.2) is 4.98 Å². The lowest BCUT2D eigenvalue weighted by atomic mass is 10.1. The maximum atomic E-state index is 12.5. The molecule has 0 spiro atoms. The van der Waals surface area contributed by atoms with Crippen molar-refractivity contribution in [3.63, 3.8) is 0 Å². The molecular weight excluding hydrogens is 332 g/mol. The Morgan fingerprint density at radius 3 is 2.62 bits per heavy atom. The van der Waals surface area contributed by atoms with Crippen LogP contribution >= 0.6 is 0 Å². The highest BCUT2D eigenvalue weighted by molar-refractivity contribution is 6.04. The molecule has 7 heteroatoms. The molecule has 0 saturated heterocycles. The quantitative estimate of drug-likeness (QED) is 0.601. The van der Waals surface area contributed by atoms with Gasteiger partial charge in [-0.2, -0.15) is 4.98 Å². The minimum absolute atomic E-state index is 0.212. The van der Waals surface area contributed by atoms with Crippen LogP contribution in [-0.2, 0) is 0 Å². The molecule has 0 bridgehead atoms. The summed E-state index contributed by atoms with van der Waals surface area (Å²) in [5.74, 6) is 1.41. The zero-order valence-corrected chi connectivity index (χ0v) is 13.8. The topological polar surface area (TPSA) is 94.1 Å². The van der Waals surface area contributed by atoms with Gasteiger partial charge in [-0.05, 0) is 24.3 Å². The molecule has 1 amide bonds. The normalized spacial score (nSPS) is 10.7. The second kappa shape index (κ2) is 6.64. The van der Waals surface area contributed by atoms with Crippen LogP contribution in [0.15, 0.2) is 70.1 Å². The lowest BCUT2D eigenvalue weighted by Crippen LogP contribution is -2.11. The molecule has 7 nitrogen and oxygen atoms in total. The fraction of sp³-hybridized carbons (Fsp3) is 0.0526. The van der Waals surface area contributed by atoms with Crippen LogP contribution in [0.3, 0.4) is 0 Å². The van der Waals surface area contributed by atoms with Crippen LogP contribution in [0.4, 0.5) is 5.69 Å². The molecule has 1 N–H and O–H groups in total. The fourth-order valence-corrected chi connectivity index (χ4v) is 2.50. The van der Waals surface area contributed by atoms with E-state index in [9.17, 15) is 4.79 Å². The minimum Gasteiger partial charge on any atom is -0.444 e. The van der Waals surface area contributed by atoms with E-state index in [0.29, 0.717) is 28.7 Å². The summed E-state index contributed by atoms with van der Waals surface area (Å²) in [6.07, 6.45) is 2.99. The average molecular weight is 346 g/mol. The molecule has 0 radical (unpaired) electrons. The Morgan fingerprint density at radius 1 is 1.08 bits per heavy atom. The predicted molar refractivity (Wildman–Crippen MR) is 94.4 cm³/mol. The van der Waals surface area contributed by atoms with E-state index in [2.05, 4.69) is 20.4 Å². The van der Waals surface area contributed by atoms with Crippen molar-refractivity contribution in [3.8, 4) is 22.7 Å². The highest BCUT2D eigenvalue weighted by atomic mass is 16.5. The summed E-state index contributed by atoms with van der Waals surface area (Å²) in [4.78, 5) is 20.5. The van der Waals surface area contributed by atoms with Crippen LogP contribution in [0, 0.1) is 6.92 Å². The number of hydrogen-bond acceptors (Lipinski definition) is 6. The SMILES string of the molecule is Cc1nc(-c2cccc(NC(=O)c3ccc(-c4cnco4)cc3)c2)no1. The van der Waals surface area contributed by atoms with Crippen molar-refractivity contribution in [2.45, 2.75) is 6.92 Å². The van der Waals surface area contributed by atoms with E-state index >= 15 is 0 Å². The van der Waals surface area contributed by atoms with E-state index in [1.54, 1.807) is 37.4 Å². The minimum atomic E-state index is -0.212. The molecule has 4 aromatic rings. The zero-order chi connectivity index (χ0) is 17.9. The fourth-order valence-electron chi connectivity index (χ4n) is 2.50. The Hall–Kier alpha value is -3.74. The van der Waals surface area contributed by atoms with E-state index < -0.39 is 0 Å². The van der Waals surface area contributed by atoms with Gasteiger partial charge >= 0.3 is 0 Å². The Bertz CT molecular complexity index is 1040. The van der Waals surface area contributed by atoms with Gasteiger partial charge in [0.1, 0.15) is 0 Å². The van der Waals surface area contributed by atoms with Crippen molar-refractivity contribution < 1.29 is 13.7 Å². The van der Waals surface area contributed by atoms with Crippen LogP contribution in [0.2, 0.25) is 0 Å². The van der Waals surface area contributed by atoms with Crippen LogP contribution in [0.25, 0.3) is 22.7 Å². The summed E-state index contributed by atoms with van der Waals surface area (Å²) < 4.78 is 10.2. The number of nitrogens with one attached hydrogen (secondary N) is 1. The van der Waals surface area contributed by atoms with Crippen LogP contribution in [0.1, 0.15) is 16.2 Å². The summed E-state index contributed by atoms with van der Waals surface area (Å²) in [7, 11) is 0. The van der Waals surface area contributed by atoms with Gasteiger partial charge in [0.2, 0.25) is 11.7 Å². The van der Waals surface area contributed by atoms with Gasteiger partial charge < -0.3 is 14.3 Å². The number of benzene rings is 2. The molecular formula is C19H14N4O3. The number of aromatic nitrogens is 3. The Balaban J connectivity index is 1.51. The molecule has 0 saturated carbocycles. The maximum absolute atomic E-state index is 12.5. The van der Waals surface area contributed by atoms with Gasteiger partial charge in [0.25, 0.3) is 5.91 Å². The second-order valence-corrected chi connectivity index (χ2v) is 5.61. The molecule has 2 aromatic heterocycles. The third kappa shape index (κ3) is 3.23. The van der Waals surface area contributed by atoms with Gasteiger partial charge in [-0.3, -0.25) is 4.79 Å². The molecule has 0 fully saturated rings. The Kier molecular flexibility index (Phi) is 4.03. The molecule has 0 atom stereocenters. The smallest absolute Gasteiger partial charge is 0.255 e. The van der Waals surface area contributed by atoms with Crippen molar-refractivity contribution >= 4 is 11.6 Å². The molecule has 26 heavy (non-hydrogen) atoms. The van der Waals surface area contributed by atoms with Gasteiger partial charge in [-0.15, -0.1) is 0 Å². The summed E-state index contributed by atoms with van der Waals surface area (Å²) in [5.41, 5.74) is 2.80. The number of oxazole rings is 1. The first-order valence-electron chi connectivity index (χ1n) is 7.90. The van der Waals surface area contributed by atoms with Gasteiger partial charge in [0.15, 0.2) is 12.2 Å². The van der Waals surface area contributed by atoms with Crippen molar-refractivity contribution in [2.24, 2.45) is 0 Å². The Labute approximate surface area is 148 Å². The number of hydrogen-bond donors (Lipinski definition) is 1. The number of amides is 1. The predicted octanol–water partition coefficient (Wildman–Crippen LogP) is 3.95. The maximum Gasteiger partial charge on any atom is 0.255 e. The summed E-state index contributed by atoms with van der Waals surface area (Å²) in [5, 5.41) is 6.75. The summed E-state index contributed by atoms with van der Waals surface area (Å²) in [6, 6.07) is 14.4. The van der Waals surface area contributed by atoms with Gasteiger partial charge in [-0.1, -0.05) is 29.4 Å². The molecule has 0 aliphatic heterocycles. The highest BCUT2D eigenvalue weighted by Gasteiger charge is 2.10. The van der Waals surface area contributed by atoms with Gasteiger partial charge in [0, 0.05) is 29.3 Å². The number of carbonyl (C=O) groups is 1. The van der Waals surface area contributed by atoms with E-state index in [0.717, 1.165) is 11.1 Å². The first kappa shape index (κ1) is 15.8. The zero-order valence-electron chi connectivity index (χ0n) is 13.8. The lowest BCUT2D eigenvalue weighted by Gasteiger charge is -2.07. The molecule has 2 aromatic carbocycles. The number of nitrogens with zero attached hydrogens (tertiary/aromatic N) is 3. The third-order valence-electron chi connectivity index (χ3n) is 3.77. The average Bonchev–Trinajstić information content (AvgIpc) is 3.34. The highest BCUT2D eigenvalue weighted by Crippen LogP contribution is 2.22. The van der Waals surface area contributed by atoms with Crippen molar-refractivity contribution in [1.82, 2.24) is 15.1 Å². The number of aryl methyl sites for hydroxylation is 1. The van der Waals surface area contributed by atoms with Crippen molar-refractivity contribution in [3.05, 3.63) is 72.6 Å². The molecule has 0 aliphatic rings. The lowest BCUT2D eigenvalue weighted by molar-refractivity contribution is 0.102. The Morgan fingerprint density at radius 2 is 1.92 bits per heavy atom. The molecule has 0 unspecified atom stereocenters. The molecule has 128 valence electrons. The van der Waals surface area contributed by atoms with Gasteiger partial charge in [0.05, 0.1) is 6.20 Å². The van der Waals surface area contributed by atoms with Crippen LogP contribution in [0.5, 0.6) is 0 Å². The van der Waals surface area contributed by atoms with E-state index in [-0.39, 0.29) is 5.91 Å². The number of anilines is 1. The third-order valence-corrected chi connectivity index (χ3v) is 3.77. The van der Waals surface area contributed by atoms with Crippen molar-refractivity contribution in [2.75, 3.05) is 5.32 Å². The number of rotatable bonds is 4. The number of carbonyl (C=O) groups excluding carboxylic acids is 1. The summed E-state index contributed by atoms with van der Waals surface area (Å²) >= 11 is 0. The van der Waals surface area contributed by atoms with E-state index in [4.69, 9.17) is 8.94 Å². The van der Waals surface area contributed by atoms with E-state index in [1.165, 1.54) is 6.39 Å². The standard InChI is InChI=1S/C19H14N4O3/c1-12-21-18(23-26-12)15-3-2-4-16(9-15)22-19(24)14-7-5-13(6-8-14)17-10-20-11-25-17/h2-11H,1H3,(H,22,24). The first-order valence-corrected chi connectivity index (χ1v) is 7.90. The van der Waals surface area contributed by atoms with Crippen LogP contribution < -0.4 is 5.32 Å².